The number of anilines is 1. The number of halogens is 1. The molecule has 0 heterocycles. The molecule has 0 radical (unpaired) electrons. The molecule has 58 valence electrons. The highest BCUT2D eigenvalue weighted by Crippen LogP contribution is 2.12. The van der Waals surface area contributed by atoms with Gasteiger partial charge in [0.15, 0.2) is 0 Å². The third kappa shape index (κ3) is 1.70. The second-order valence-electron chi connectivity index (χ2n) is 2.14. The lowest BCUT2D eigenvalue weighted by molar-refractivity contribution is 0.626. The Bertz CT molecular complexity index is 281. The van der Waals surface area contributed by atoms with E-state index in [-0.39, 0.29) is 5.82 Å². The number of hydrogen-bond donors (Lipinski definition) is 2. The summed E-state index contributed by atoms with van der Waals surface area (Å²) in [4.78, 5) is 0. The minimum atomic E-state index is -0.355. The molecular formula is C8H9FN2. The predicted molar refractivity (Wildman–Crippen MR) is 44.0 cm³/mol. The number of nitrogens with two attached hydrogens (primary N) is 2. The van der Waals surface area contributed by atoms with Gasteiger partial charge in [-0.2, -0.15) is 0 Å². The zero-order valence-corrected chi connectivity index (χ0v) is 5.92. The Morgan fingerprint density at radius 2 is 2.09 bits per heavy atom. The number of hydrogen-bond acceptors (Lipinski definition) is 2. The van der Waals surface area contributed by atoms with Crippen LogP contribution in [0.25, 0.3) is 6.08 Å². The van der Waals surface area contributed by atoms with Crippen molar-refractivity contribution in [2.75, 3.05) is 5.73 Å². The molecule has 4 N–H and O–H groups in total. The molecule has 0 saturated heterocycles. The molecule has 1 aromatic rings. The van der Waals surface area contributed by atoms with Crippen LogP contribution in [0.1, 0.15) is 5.56 Å². The Morgan fingerprint density at radius 3 is 2.64 bits per heavy atom. The van der Waals surface area contributed by atoms with Gasteiger partial charge in [0.25, 0.3) is 0 Å². The maximum absolute atomic E-state index is 12.9. The first-order valence-electron chi connectivity index (χ1n) is 3.17. The van der Waals surface area contributed by atoms with Crippen molar-refractivity contribution >= 4 is 11.8 Å². The standard InChI is InChI=1S/C8H9FN2/c9-8-5-7(11)2-1-6(8)3-4-10/h1-5H,10-11H2/b4-3+. The van der Waals surface area contributed by atoms with E-state index in [1.54, 1.807) is 12.1 Å². The van der Waals surface area contributed by atoms with E-state index < -0.39 is 0 Å². The molecule has 2 nitrogen and oxygen atoms in total. The molecule has 1 rings (SSSR count). The summed E-state index contributed by atoms with van der Waals surface area (Å²) in [6, 6.07) is 4.46. The van der Waals surface area contributed by atoms with Gasteiger partial charge in [-0.3, -0.25) is 0 Å². The Balaban J connectivity index is 3.09. The van der Waals surface area contributed by atoms with Gasteiger partial charge in [0.1, 0.15) is 5.82 Å². The van der Waals surface area contributed by atoms with Gasteiger partial charge in [0.2, 0.25) is 0 Å². The molecule has 3 heteroatoms. The summed E-state index contributed by atoms with van der Waals surface area (Å²) in [5, 5.41) is 0. The summed E-state index contributed by atoms with van der Waals surface area (Å²) in [5.41, 5.74) is 11.3. The van der Waals surface area contributed by atoms with Crippen LogP contribution in [0.5, 0.6) is 0 Å². The number of nitrogen functional groups attached to an aromatic ring is 1. The largest absolute Gasteiger partial charge is 0.405 e. The third-order valence-electron chi connectivity index (χ3n) is 1.30. The van der Waals surface area contributed by atoms with Crippen LogP contribution in [-0.4, -0.2) is 0 Å². The maximum Gasteiger partial charge on any atom is 0.132 e. The van der Waals surface area contributed by atoms with E-state index >= 15 is 0 Å². The lowest BCUT2D eigenvalue weighted by Crippen LogP contribution is -1.88. The molecule has 0 aliphatic rings. The van der Waals surface area contributed by atoms with Crippen LogP contribution in [0.2, 0.25) is 0 Å². The average molecular weight is 152 g/mol. The normalized spacial score (nSPS) is 10.6. The van der Waals surface area contributed by atoms with Crippen LogP contribution in [0.15, 0.2) is 24.4 Å². The Hall–Kier alpha value is -1.51. The van der Waals surface area contributed by atoms with Gasteiger partial charge in [-0.05, 0) is 30.5 Å². The predicted octanol–water partition coefficient (Wildman–Crippen LogP) is 1.34. The fourth-order valence-electron chi connectivity index (χ4n) is 0.782. The van der Waals surface area contributed by atoms with Gasteiger partial charge in [-0.25, -0.2) is 4.39 Å². The Labute approximate surface area is 64.3 Å². The first-order valence-corrected chi connectivity index (χ1v) is 3.17. The molecule has 0 bridgehead atoms. The van der Waals surface area contributed by atoms with Crippen LogP contribution >= 0.6 is 0 Å². The summed E-state index contributed by atoms with van der Waals surface area (Å²) < 4.78 is 12.9. The van der Waals surface area contributed by atoms with Crippen molar-refractivity contribution in [2.24, 2.45) is 5.73 Å². The monoisotopic (exact) mass is 152 g/mol. The van der Waals surface area contributed by atoms with E-state index in [9.17, 15) is 4.39 Å². The fraction of sp³-hybridized carbons (Fsp3) is 0. The highest BCUT2D eigenvalue weighted by Gasteiger charge is 1.96. The summed E-state index contributed by atoms with van der Waals surface area (Å²) in [5.74, 6) is -0.355. The third-order valence-corrected chi connectivity index (χ3v) is 1.30. The van der Waals surface area contributed by atoms with Gasteiger partial charge in [-0.1, -0.05) is 0 Å². The molecule has 0 aliphatic heterocycles. The molecule has 0 aromatic heterocycles. The molecule has 1 aromatic carbocycles. The summed E-state index contributed by atoms with van der Waals surface area (Å²) >= 11 is 0. The zero-order valence-electron chi connectivity index (χ0n) is 5.92. The van der Waals surface area contributed by atoms with E-state index in [0.29, 0.717) is 11.3 Å². The highest BCUT2D eigenvalue weighted by molar-refractivity contribution is 5.53. The first kappa shape index (κ1) is 7.60. The molecule has 0 atom stereocenters. The quantitative estimate of drug-likeness (QED) is 0.596. The lowest BCUT2D eigenvalue weighted by Gasteiger charge is -1.96. The zero-order chi connectivity index (χ0) is 8.27. The molecule has 11 heavy (non-hydrogen) atoms. The van der Waals surface area contributed by atoms with Crippen LogP contribution in [-0.2, 0) is 0 Å². The molecule has 0 spiro atoms. The SMILES string of the molecule is N/C=C/c1ccc(N)cc1F. The minimum Gasteiger partial charge on any atom is -0.405 e. The van der Waals surface area contributed by atoms with Crippen molar-refractivity contribution in [3.63, 3.8) is 0 Å². The Kier molecular flexibility index (Phi) is 2.11. The van der Waals surface area contributed by atoms with Crippen molar-refractivity contribution in [2.45, 2.75) is 0 Å². The lowest BCUT2D eigenvalue weighted by atomic mass is 10.2. The van der Waals surface area contributed by atoms with Crippen LogP contribution in [0.4, 0.5) is 10.1 Å². The first-order chi connectivity index (χ1) is 5.24. The molecule has 0 unspecified atom stereocenters. The Morgan fingerprint density at radius 1 is 1.36 bits per heavy atom. The van der Waals surface area contributed by atoms with E-state index in [0.717, 1.165) is 0 Å². The molecule has 0 aliphatic carbocycles. The van der Waals surface area contributed by atoms with Crippen molar-refractivity contribution in [1.29, 1.82) is 0 Å². The summed E-state index contributed by atoms with van der Waals surface area (Å²) in [6.07, 6.45) is 2.77. The molecule has 0 fully saturated rings. The van der Waals surface area contributed by atoms with Crippen molar-refractivity contribution in [1.82, 2.24) is 0 Å². The van der Waals surface area contributed by atoms with E-state index in [1.807, 2.05) is 0 Å². The smallest absolute Gasteiger partial charge is 0.132 e. The fourth-order valence-corrected chi connectivity index (χ4v) is 0.782. The molecule has 0 saturated carbocycles. The van der Waals surface area contributed by atoms with Crippen molar-refractivity contribution in [3.05, 3.63) is 35.8 Å². The highest BCUT2D eigenvalue weighted by atomic mass is 19.1. The summed E-state index contributed by atoms with van der Waals surface area (Å²) in [7, 11) is 0. The number of rotatable bonds is 1. The van der Waals surface area contributed by atoms with Crippen LogP contribution in [0.3, 0.4) is 0 Å². The number of benzene rings is 1. The van der Waals surface area contributed by atoms with Gasteiger partial charge in [0.05, 0.1) is 0 Å². The van der Waals surface area contributed by atoms with E-state index in [4.69, 9.17) is 11.5 Å². The molecular weight excluding hydrogens is 143 g/mol. The van der Waals surface area contributed by atoms with E-state index in [2.05, 4.69) is 0 Å². The average Bonchev–Trinajstić information content (AvgIpc) is 1.95. The second-order valence-corrected chi connectivity index (χ2v) is 2.14. The molecule has 0 amide bonds. The van der Waals surface area contributed by atoms with Gasteiger partial charge >= 0.3 is 0 Å². The van der Waals surface area contributed by atoms with Crippen LogP contribution in [0, 0.1) is 5.82 Å². The maximum atomic E-state index is 12.9. The summed E-state index contributed by atoms with van der Waals surface area (Å²) in [6.45, 7) is 0. The van der Waals surface area contributed by atoms with Gasteiger partial charge in [-0.15, -0.1) is 0 Å². The topological polar surface area (TPSA) is 52.0 Å². The van der Waals surface area contributed by atoms with Crippen LogP contribution < -0.4 is 11.5 Å². The van der Waals surface area contributed by atoms with Gasteiger partial charge < -0.3 is 11.5 Å². The minimum absolute atomic E-state index is 0.355. The van der Waals surface area contributed by atoms with Gasteiger partial charge in [0, 0.05) is 11.3 Å². The van der Waals surface area contributed by atoms with Crippen molar-refractivity contribution < 1.29 is 4.39 Å². The van der Waals surface area contributed by atoms with E-state index in [1.165, 1.54) is 18.3 Å². The second kappa shape index (κ2) is 3.05. The van der Waals surface area contributed by atoms with Crippen molar-refractivity contribution in [3.8, 4) is 0 Å².